The molecule has 1 atom stereocenters. The van der Waals surface area contributed by atoms with Crippen LogP contribution in [0.1, 0.15) is 18.5 Å². The van der Waals surface area contributed by atoms with Crippen LogP contribution in [0.15, 0.2) is 18.2 Å². The van der Waals surface area contributed by atoms with E-state index in [1.54, 1.807) is 6.92 Å². The van der Waals surface area contributed by atoms with E-state index in [9.17, 15) is 8.78 Å². The summed E-state index contributed by atoms with van der Waals surface area (Å²) in [5.74, 6) is -0.900. The van der Waals surface area contributed by atoms with Gasteiger partial charge in [0.25, 0.3) is 0 Å². The van der Waals surface area contributed by atoms with Gasteiger partial charge in [0, 0.05) is 18.2 Å². The monoisotopic (exact) mass is 201 g/mol. The average Bonchev–Trinajstić information content (AvgIpc) is 2.18. The molecule has 0 saturated heterocycles. The van der Waals surface area contributed by atoms with Crippen molar-refractivity contribution in [2.75, 3.05) is 13.2 Å². The van der Waals surface area contributed by atoms with Crippen molar-refractivity contribution in [1.82, 2.24) is 5.32 Å². The Morgan fingerprint density at radius 3 is 2.79 bits per heavy atom. The average molecular weight is 201 g/mol. The van der Waals surface area contributed by atoms with E-state index in [1.807, 2.05) is 0 Å². The van der Waals surface area contributed by atoms with Crippen LogP contribution in [0, 0.1) is 11.6 Å². The molecule has 1 rings (SSSR count). The third-order valence-corrected chi connectivity index (χ3v) is 1.99. The van der Waals surface area contributed by atoms with Crippen LogP contribution in [0.25, 0.3) is 0 Å². The zero-order chi connectivity index (χ0) is 10.6. The molecule has 0 amide bonds. The Bertz CT molecular complexity index is 304. The number of benzene rings is 1. The lowest BCUT2D eigenvalue weighted by molar-refractivity contribution is 0.285. The van der Waals surface area contributed by atoms with Crippen LogP contribution in [0.5, 0.6) is 0 Å². The van der Waals surface area contributed by atoms with Gasteiger partial charge in [-0.05, 0) is 25.1 Å². The Hall–Kier alpha value is -1.00. The zero-order valence-corrected chi connectivity index (χ0v) is 7.93. The number of nitrogens with one attached hydrogen (secondary N) is 1. The second-order valence-corrected chi connectivity index (χ2v) is 3.07. The summed E-state index contributed by atoms with van der Waals surface area (Å²) in [6, 6.07) is 3.03. The van der Waals surface area contributed by atoms with Gasteiger partial charge < -0.3 is 10.4 Å². The van der Waals surface area contributed by atoms with Gasteiger partial charge in [-0.1, -0.05) is 0 Å². The van der Waals surface area contributed by atoms with Crippen molar-refractivity contribution in [3.63, 3.8) is 0 Å². The van der Waals surface area contributed by atoms with E-state index in [0.717, 1.165) is 18.2 Å². The predicted molar refractivity (Wildman–Crippen MR) is 49.9 cm³/mol. The molecule has 0 aromatic heterocycles. The van der Waals surface area contributed by atoms with Crippen LogP contribution in [0.3, 0.4) is 0 Å². The lowest BCUT2D eigenvalue weighted by Crippen LogP contribution is -2.23. The summed E-state index contributed by atoms with van der Waals surface area (Å²) in [5, 5.41) is 11.4. The molecule has 4 heteroatoms. The number of hydrogen-bond donors (Lipinski definition) is 2. The lowest BCUT2D eigenvalue weighted by Gasteiger charge is -2.13. The zero-order valence-electron chi connectivity index (χ0n) is 7.93. The van der Waals surface area contributed by atoms with E-state index in [0.29, 0.717) is 6.54 Å². The molecular weight excluding hydrogens is 188 g/mol. The molecule has 0 saturated carbocycles. The molecule has 0 fully saturated rings. The molecule has 0 spiro atoms. The highest BCUT2D eigenvalue weighted by molar-refractivity contribution is 5.21. The highest BCUT2D eigenvalue weighted by Gasteiger charge is 2.10. The molecule has 0 heterocycles. The molecule has 14 heavy (non-hydrogen) atoms. The van der Waals surface area contributed by atoms with Gasteiger partial charge in [0.1, 0.15) is 11.6 Å². The lowest BCUT2D eigenvalue weighted by atomic mass is 10.1. The first-order chi connectivity index (χ1) is 6.65. The molecule has 0 bridgehead atoms. The Morgan fingerprint density at radius 1 is 1.43 bits per heavy atom. The van der Waals surface area contributed by atoms with Crippen LogP contribution in [0.2, 0.25) is 0 Å². The first kappa shape index (κ1) is 11.1. The van der Waals surface area contributed by atoms with Crippen molar-refractivity contribution >= 4 is 0 Å². The molecule has 0 aliphatic rings. The number of aliphatic hydroxyl groups excluding tert-OH is 1. The molecule has 2 N–H and O–H groups in total. The van der Waals surface area contributed by atoms with Gasteiger partial charge in [-0.25, -0.2) is 8.78 Å². The van der Waals surface area contributed by atoms with E-state index in [1.165, 1.54) is 0 Å². The van der Waals surface area contributed by atoms with E-state index < -0.39 is 11.6 Å². The molecule has 78 valence electrons. The van der Waals surface area contributed by atoms with Gasteiger partial charge in [0.2, 0.25) is 0 Å². The minimum atomic E-state index is -0.459. The van der Waals surface area contributed by atoms with Crippen LogP contribution >= 0.6 is 0 Å². The standard InChI is InChI=1S/C10H13F2NO/c1-7(13-4-5-14)9-6-8(11)2-3-10(9)12/h2-3,6-7,13-14H,4-5H2,1H3/t7-/m0/s1. The van der Waals surface area contributed by atoms with Gasteiger partial charge in [-0.15, -0.1) is 0 Å². The molecule has 0 radical (unpaired) electrons. The van der Waals surface area contributed by atoms with Gasteiger partial charge in [0.15, 0.2) is 0 Å². The van der Waals surface area contributed by atoms with Crippen LogP contribution < -0.4 is 5.32 Å². The molecule has 1 aromatic rings. The van der Waals surface area contributed by atoms with E-state index >= 15 is 0 Å². The van der Waals surface area contributed by atoms with Crippen LogP contribution in [-0.4, -0.2) is 18.3 Å². The minimum absolute atomic E-state index is 0.0265. The fraction of sp³-hybridized carbons (Fsp3) is 0.400. The fourth-order valence-corrected chi connectivity index (χ4v) is 1.24. The maximum absolute atomic E-state index is 13.2. The third kappa shape index (κ3) is 2.75. The Balaban J connectivity index is 2.77. The SMILES string of the molecule is C[C@H](NCCO)c1cc(F)ccc1F. The highest BCUT2D eigenvalue weighted by Crippen LogP contribution is 2.17. The van der Waals surface area contributed by atoms with E-state index in [4.69, 9.17) is 5.11 Å². The number of hydrogen-bond acceptors (Lipinski definition) is 2. The molecule has 0 aliphatic heterocycles. The minimum Gasteiger partial charge on any atom is -0.395 e. The van der Waals surface area contributed by atoms with Crippen LogP contribution in [-0.2, 0) is 0 Å². The second-order valence-electron chi connectivity index (χ2n) is 3.07. The Labute approximate surface area is 81.6 Å². The topological polar surface area (TPSA) is 32.3 Å². The smallest absolute Gasteiger partial charge is 0.128 e. The van der Waals surface area contributed by atoms with Gasteiger partial charge in [0.05, 0.1) is 6.61 Å². The van der Waals surface area contributed by atoms with E-state index in [2.05, 4.69) is 5.32 Å². The summed E-state index contributed by atoms with van der Waals surface area (Å²) >= 11 is 0. The number of rotatable bonds is 4. The summed E-state index contributed by atoms with van der Waals surface area (Å²) in [5.41, 5.74) is 0.276. The molecule has 0 unspecified atom stereocenters. The summed E-state index contributed by atoms with van der Waals surface area (Å²) in [6.07, 6.45) is 0. The van der Waals surface area contributed by atoms with Crippen molar-refractivity contribution in [3.05, 3.63) is 35.4 Å². The molecule has 0 aliphatic carbocycles. The van der Waals surface area contributed by atoms with E-state index in [-0.39, 0.29) is 18.2 Å². The normalized spacial score (nSPS) is 12.9. The van der Waals surface area contributed by atoms with Crippen molar-refractivity contribution in [3.8, 4) is 0 Å². The van der Waals surface area contributed by atoms with Gasteiger partial charge in [-0.3, -0.25) is 0 Å². The predicted octanol–water partition coefficient (Wildman–Crippen LogP) is 1.61. The van der Waals surface area contributed by atoms with Crippen molar-refractivity contribution in [1.29, 1.82) is 0 Å². The van der Waals surface area contributed by atoms with Crippen molar-refractivity contribution < 1.29 is 13.9 Å². The van der Waals surface area contributed by atoms with Crippen LogP contribution in [0.4, 0.5) is 8.78 Å². The molecule has 1 aromatic carbocycles. The fourth-order valence-electron chi connectivity index (χ4n) is 1.24. The van der Waals surface area contributed by atoms with Crippen molar-refractivity contribution in [2.24, 2.45) is 0 Å². The summed E-state index contributed by atoms with van der Waals surface area (Å²) in [6.45, 7) is 2.05. The summed E-state index contributed by atoms with van der Waals surface area (Å²) in [4.78, 5) is 0. The largest absolute Gasteiger partial charge is 0.395 e. The van der Waals surface area contributed by atoms with Gasteiger partial charge >= 0.3 is 0 Å². The summed E-state index contributed by atoms with van der Waals surface area (Å²) < 4.78 is 26.0. The molecular formula is C10H13F2NO. The highest BCUT2D eigenvalue weighted by atomic mass is 19.1. The summed E-state index contributed by atoms with van der Waals surface area (Å²) in [7, 11) is 0. The first-order valence-electron chi connectivity index (χ1n) is 4.44. The quantitative estimate of drug-likeness (QED) is 0.775. The Morgan fingerprint density at radius 2 is 2.14 bits per heavy atom. The van der Waals surface area contributed by atoms with Crippen molar-refractivity contribution in [2.45, 2.75) is 13.0 Å². The third-order valence-electron chi connectivity index (χ3n) is 1.99. The maximum atomic E-state index is 13.2. The maximum Gasteiger partial charge on any atom is 0.128 e. The molecule has 2 nitrogen and oxygen atoms in total. The number of aliphatic hydroxyl groups is 1. The second kappa shape index (κ2) is 5.02. The number of halogens is 2. The Kier molecular flexibility index (Phi) is 3.98. The van der Waals surface area contributed by atoms with Gasteiger partial charge in [-0.2, -0.15) is 0 Å². The first-order valence-corrected chi connectivity index (χ1v) is 4.44.